The lowest BCUT2D eigenvalue weighted by molar-refractivity contribution is 1.18. The van der Waals surface area contributed by atoms with Crippen LogP contribution in [0.3, 0.4) is 0 Å². The van der Waals surface area contributed by atoms with E-state index in [0.717, 1.165) is 13.6 Å². The molecule has 0 saturated carbocycles. The Bertz CT molecular complexity index is 829. The zero-order valence-electron chi connectivity index (χ0n) is 9.65. The molecule has 0 amide bonds. The van der Waals surface area contributed by atoms with Crippen molar-refractivity contribution in [1.29, 1.82) is 0 Å². The van der Waals surface area contributed by atoms with Gasteiger partial charge in [-0.05, 0) is 62.8 Å². The highest BCUT2D eigenvalue weighted by atomic mass is 127. The van der Waals surface area contributed by atoms with Gasteiger partial charge in [0.1, 0.15) is 5.82 Å². The van der Waals surface area contributed by atoms with Crippen molar-refractivity contribution >= 4 is 49.4 Å². The van der Waals surface area contributed by atoms with Gasteiger partial charge < -0.3 is 4.98 Å². The molecule has 1 aromatic heterocycles. The molecular weight excluding hydrogens is 419 g/mol. The summed E-state index contributed by atoms with van der Waals surface area (Å²) in [5.41, 5.74) is 1.47. The molecule has 5 heteroatoms. The van der Waals surface area contributed by atoms with Gasteiger partial charge in [0.05, 0.1) is 10.9 Å². The van der Waals surface area contributed by atoms with Crippen molar-refractivity contribution in [3.8, 4) is 11.4 Å². The van der Waals surface area contributed by atoms with Crippen LogP contribution >= 0.6 is 38.5 Å². The number of hydrogen-bond acceptors (Lipinski definition) is 2. The Morgan fingerprint density at radius 1 is 1.16 bits per heavy atom. The molecule has 1 N–H and O–H groups in total. The van der Waals surface area contributed by atoms with Crippen LogP contribution in [0, 0.1) is 3.57 Å². The molecule has 0 aliphatic rings. The first kappa shape index (κ1) is 12.8. The van der Waals surface area contributed by atoms with Crippen LogP contribution < -0.4 is 5.56 Å². The average molecular weight is 427 g/mol. The lowest BCUT2D eigenvalue weighted by atomic mass is 10.2. The summed E-state index contributed by atoms with van der Waals surface area (Å²) in [5, 5.41) is 0.607. The Balaban J connectivity index is 2.25. The number of nitrogens with zero attached hydrogens (tertiary/aromatic N) is 1. The SMILES string of the molecule is O=c1[nH]c(-c2ccc(I)c(Br)c2)nc2ccccc12. The maximum absolute atomic E-state index is 12.0. The Kier molecular flexibility index (Phi) is 3.40. The molecule has 0 atom stereocenters. The minimum Gasteiger partial charge on any atom is -0.306 e. The fraction of sp³-hybridized carbons (Fsp3) is 0. The third kappa shape index (κ3) is 2.44. The number of nitrogens with one attached hydrogen (secondary N) is 1. The smallest absolute Gasteiger partial charge is 0.259 e. The minimum atomic E-state index is -0.115. The van der Waals surface area contributed by atoms with Gasteiger partial charge in [0, 0.05) is 13.6 Å². The third-order valence-electron chi connectivity index (χ3n) is 2.81. The van der Waals surface area contributed by atoms with Gasteiger partial charge in [-0.1, -0.05) is 18.2 Å². The van der Waals surface area contributed by atoms with Gasteiger partial charge in [-0.25, -0.2) is 4.98 Å². The van der Waals surface area contributed by atoms with E-state index in [1.54, 1.807) is 6.07 Å². The number of rotatable bonds is 1. The summed E-state index contributed by atoms with van der Waals surface area (Å²) >= 11 is 5.73. The second kappa shape index (κ2) is 5.05. The topological polar surface area (TPSA) is 45.8 Å². The van der Waals surface area contributed by atoms with Crippen LogP contribution in [0.15, 0.2) is 51.7 Å². The first-order chi connectivity index (χ1) is 9.15. The van der Waals surface area contributed by atoms with E-state index >= 15 is 0 Å². The molecule has 0 aliphatic carbocycles. The first-order valence-electron chi connectivity index (χ1n) is 5.59. The molecule has 3 nitrogen and oxygen atoms in total. The molecule has 0 fully saturated rings. The Morgan fingerprint density at radius 3 is 2.74 bits per heavy atom. The Morgan fingerprint density at radius 2 is 1.95 bits per heavy atom. The molecular formula is C14H8BrIN2O. The highest BCUT2D eigenvalue weighted by molar-refractivity contribution is 14.1. The van der Waals surface area contributed by atoms with Crippen molar-refractivity contribution in [2.75, 3.05) is 0 Å². The highest BCUT2D eigenvalue weighted by Gasteiger charge is 2.06. The Hall–Kier alpha value is -1.21. The lowest BCUT2D eigenvalue weighted by Crippen LogP contribution is -2.09. The van der Waals surface area contributed by atoms with E-state index in [1.807, 2.05) is 36.4 Å². The molecule has 0 saturated heterocycles. The van der Waals surface area contributed by atoms with E-state index in [0.29, 0.717) is 16.7 Å². The molecule has 0 unspecified atom stereocenters. The van der Waals surface area contributed by atoms with Crippen LogP contribution in [0.4, 0.5) is 0 Å². The van der Waals surface area contributed by atoms with Crippen molar-refractivity contribution < 1.29 is 0 Å². The monoisotopic (exact) mass is 426 g/mol. The molecule has 0 spiro atoms. The minimum absolute atomic E-state index is 0.115. The Labute approximate surface area is 131 Å². The van der Waals surface area contributed by atoms with E-state index < -0.39 is 0 Å². The van der Waals surface area contributed by atoms with Gasteiger partial charge >= 0.3 is 0 Å². The lowest BCUT2D eigenvalue weighted by Gasteiger charge is -2.04. The summed E-state index contributed by atoms with van der Waals surface area (Å²) in [7, 11) is 0. The number of hydrogen-bond donors (Lipinski definition) is 1. The highest BCUT2D eigenvalue weighted by Crippen LogP contribution is 2.25. The van der Waals surface area contributed by atoms with Crippen molar-refractivity contribution in [1.82, 2.24) is 9.97 Å². The zero-order valence-corrected chi connectivity index (χ0v) is 13.4. The summed E-state index contributed by atoms with van der Waals surface area (Å²) in [6.45, 7) is 0. The van der Waals surface area contributed by atoms with Crippen LogP contribution in [0.5, 0.6) is 0 Å². The third-order valence-corrected chi connectivity index (χ3v) is 5.14. The molecule has 3 rings (SSSR count). The molecule has 1 heterocycles. The fourth-order valence-corrected chi connectivity index (χ4v) is 2.58. The normalized spacial score (nSPS) is 10.8. The van der Waals surface area contributed by atoms with Crippen molar-refractivity contribution in [3.05, 3.63) is 60.9 Å². The number of aromatic amines is 1. The van der Waals surface area contributed by atoms with Crippen molar-refractivity contribution in [2.45, 2.75) is 0 Å². The molecule has 0 radical (unpaired) electrons. The van der Waals surface area contributed by atoms with Crippen molar-refractivity contribution in [2.24, 2.45) is 0 Å². The molecule has 2 aromatic carbocycles. The molecule has 3 aromatic rings. The van der Waals surface area contributed by atoms with Gasteiger partial charge in [0.25, 0.3) is 5.56 Å². The van der Waals surface area contributed by atoms with Crippen molar-refractivity contribution in [3.63, 3.8) is 0 Å². The van der Waals surface area contributed by atoms with Crippen LogP contribution in [0.25, 0.3) is 22.3 Å². The van der Waals surface area contributed by atoms with Gasteiger partial charge in [-0.2, -0.15) is 0 Å². The maximum Gasteiger partial charge on any atom is 0.259 e. The summed E-state index contributed by atoms with van der Waals surface area (Å²) in [6.07, 6.45) is 0. The largest absolute Gasteiger partial charge is 0.306 e. The van der Waals surface area contributed by atoms with Gasteiger partial charge in [-0.3, -0.25) is 4.79 Å². The predicted octanol–water partition coefficient (Wildman–Crippen LogP) is 3.96. The number of aromatic nitrogens is 2. The predicted molar refractivity (Wildman–Crippen MR) is 88.2 cm³/mol. The van der Waals surface area contributed by atoms with Crippen LogP contribution in [0.2, 0.25) is 0 Å². The van der Waals surface area contributed by atoms with Crippen LogP contribution in [-0.4, -0.2) is 9.97 Å². The molecule has 0 bridgehead atoms. The average Bonchev–Trinajstić information content (AvgIpc) is 2.42. The fourth-order valence-electron chi connectivity index (χ4n) is 1.87. The standard InChI is InChI=1S/C14H8BrIN2O/c15-10-7-8(5-6-11(10)16)13-17-12-4-2-1-3-9(12)14(19)18-13/h1-7H,(H,17,18,19). The number of para-hydroxylation sites is 1. The second-order valence-electron chi connectivity index (χ2n) is 4.06. The van der Waals surface area contributed by atoms with Crippen LogP contribution in [0.1, 0.15) is 0 Å². The number of H-pyrrole nitrogens is 1. The number of halogens is 2. The summed E-state index contributed by atoms with van der Waals surface area (Å²) in [6, 6.07) is 13.2. The first-order valence-corrected chi connectivity index (χ1v) is 7.47. The number of fused-ring (bicyclic) bond motifs is 1. The summed E-state index contributed by atoms with van der Waals surface area (Å²) < 4.78 is 2.10. The van der Waals surface area contributed by atoms with Gasteiger partial charge in [0.2, 0.25) is 0 Å². The zero-order chi connectivity index (χ0) is 13.4. The van der Waals surface area contributed by atoms with E-state index in [9.17, 15) is 4.79 Å². The van der Waals surface area contributed by atoms with Gasteiger partial charge in [-0.15, -0.1) is 0 Å². The summed E-state index contributed by atoms with van der Waals surface area (Å²) in [5.74, 6) is 0.584. The molecule has 19 heavy (non-hydrogen) atoms. The van der Waals surface area contributed by atoms with E-state index in [4.69, 9.17) is 0 Å². The van der Waals surface area contributed by atoms with Gasteiger partial charge in [0.15, 0.2) is 0 Å². The second-order valence-corrected chi connectivity index (χ2v) is 6.08. The summed E-state index contributed by atoms with van der Waals surface area (Å²) in [4.78, 5) is 19.3. The van der Waals surface area contributed by atoms with E-state index in [2.05, 4.69) is 48.5 Å². The number of benzene rings is 2. The van der Waals surface area contributed by atoms with E-state index in [1.165, 1.54) is 0 Å². The van der Waals surface area contributed by atoms with E-state index in [-0.39, 0.29) is 5.56 Å². The quantitative estimate of drug-likeness (QED) is 0.598. The maximum atomic E-state index is 12.0. The molecule has 94 valence electrons. The molecule has 0 aliphatic heterocycles. The van der Waals surface area contributed by atoms with Crippen LogP contribution in [-0.2, 0) is 0 Å².